The third kappa shape index (κ3) is 4.53. The van der Waals surface area contributed by atoms with E-state index in [1.807, 2.05) is 17.0 Å². The van der Waals surface area contributed by atoms with Crippen molar-refractivity contribution in [3.8, 4) is 11.5 Å². The Bertz CT molecular complexity index is 880. The fraction of sp³-hybridized carbons (Fsp3) is 0.435. The molecule has 2 aromatic carbocycles. The Morgan fingerprint density at radius 1 is 1.10 bits per heavy atom. The molecule has 0 spiro atoms. The standard InChI is InChI=1S/C23H27FN2O3/c1-28-21-11-17-9-10-25(14-18(17)12-22(21)29-2)23(27)15-26(20-7-8-20)13-16-3-5-19(24)6-4-16/h3-6,11-12,20H,7-10,13-15H2,1-2H3. The van der Waals surface area contributed by atoms with Crippen molar-refractivity contribution < 1.29 is 18.7 Å². The van der Waals surface area contributed by atoms with Gasteiger partial charge in [-0.05, 0) is 60.2 Å². The number of fused-ring (bicyclic) bond motifs is 1. The molecular formula is C23H27FN2O3. The van der Waals surface area contributed by atoms with Crippen LogP contribution >= 0.6 is 0 Å². The molecule has 1 heterocycles. The van der Waals surface area contributed by atoms with Crippen LogP contribution in [0.15, 0.2) is 36.4 Å². The normalized spacial score (nSPS) is 15.9. The Balaban J connectivity index is 1.43. The molecule has 0 radical (unpaired) electrons. The molecule has 1 amide bonds. The second-order valence-corrected chi connectivity index (χ2v) is 7.80. The zero-order valence-electron chi connectivity index (χ0n) is 17.0. The van der Waals surface area contributed by atoms with Crippen LogP contribution in [0.4, 0.5) is 4.39 Å². The number of carbonyl (C=O) groups excluding carboxylic acids is 1. The number of amides is 1. The third-order valence-electron chi connectivity index (χ3n) is 5.77. The highest BCUT2D eigenvalue weighted by Crippen LogP contribution is 2.33. The Labute approximate surface area is 171 Å². The Morgan fingerprint density at radius 3 is 2.38 bits per heavy atom. The van der Waals surface area contributed by atoms with E-state index >= 15 is 0 Å². The maximum absolute atomic E-state index is 13.2. The lowest BCUT2D eigenvalue weighted by Crippen LogP contribution is -2.43. The molecule has 1 fully saturated rings. The topological polar surface area (TPSA) is 42.0 Å². The van der Waals surface area contributed by atoms with Crippen LogP contribution in [0, 0.1) is 5.82 Å². The first-order chi connectivity index (χ1) is 14.1. The number of hydrogen-bond donors (Lipinski definition) is 0. The number of hydrogen-bond acceptors (Lipinski definition) is 4. The molecule has 0 aromatic heterocycles. The summed E-state index contributed by atoms with van der Waals surface area (Å²) in [6, 6.07) is 11.0. The number of methoxy groups -OCH3 is 2. The van der Waals surface area contributed by atoms with E-state index in [-0.39, 0.29) is 11.7 Å². The van der Waals surface area contributed by atoms with Crippen LogP contribution in [0.25, 0.3) is 0 Å². The van der Waals surface area contributed by atoms with Gasteiger partial charge in [0.15, 0.2) is 11.5 Å². The third-order valence-corrected chi connectivity index (χ3v) is 5.77. The highest BCUT2D eigenvalue weighted by molar-refractivity contribution is 5.78. The summed E-state index contributed by atoms with van der Waals surface area (Å²) in [5, 5.41) is 0. The van der Waals surface area contributed by atoms with Crippen LogP contribution in [0.3, 0.4) is 0 Å². The van der Waals surface area contributed by atoms with Gasteiger partial charge in [-0.15, -0.1) is 0 Å². The van der Waals surface area contributed by atoms with Crippen molar-refractivity contribution in [1.29, 1.82) is 0 Å². The molecule has 1 aliphatic heterocycles. The summed E-state index contributed by atoms with van der Waals surface area (Å²) in [6.07, 6.45) is 3.05. The molecule has 1 saturated carbocycles. The monoisotopic (exact) mass is 398 g/mol. The van der Waals surface area contributed by atoms with Gasteiger partial charge in [-0.3, -0.25) is 9.69 Å². The average molecular weight is 398 g/mol. The van der Waals surface area contributed by atoms with Gasteiger partial charge in [0.25, 0.3) is 0 Å². The maximum atomic E-state index is 13.2. The van der Waals surface area contributed by atoms with Crippen LogP contribution in [0.5, 0.6) is 11.5 Å². The molecule has 5 nitrogen and oxygen atoms in total. The van der Waals surface area contributed by atoms with Gasteiger partial charge in [0, 0.05) is 25.7 Å². The largest absolute Gasteiger partial charge is 0.493 e. The van der Waals surface area contributed by atoms with Gasteiger partial charge >= 0.3 is 0 Å². The lowest BCUT2D eigenvalue weighted by Gasteiger charge is -2.32. The number of ether oxygens (including phenoxy) is 2. The van der Waals surface area contributed by atoms with E-state index in [4.69, 9.17) is 9.47 Å². The number of rotatable bonds is 7. The first-order valence-electron chi connectivity index (χ1n) is 10.1. The molecule has 154 valence electrons. The molecule has 4 rings (SSSR count). The van der Waals surface area contributed by atoms with Gasteiger partial charge in [-0.1, -0.05) is 12.1 Å². The van der Waals surface area contributed by atoms with Crippen molar-refractivity contribution in [2.24, 2.45) is 0 Å². The Kier molecular flexibility index (Phi) is 5.72. The Hall–Kier alpha value is -2.60. The number of benzene rings is 2. The van der Waals surface area contributed by atoms with Crippen LogP contribution in [-0.2, 0) is 24.3 Å². The molecule has 0 bridgehead atoms. The zero-order valence-corrected chi connectivity index (χ0v) is 17.0. The molecule has 0 saturated heterocycles. The van der Waals surface area contributed by atoms with Crippen molar-refractivity contribution in [3.63, 3.8) is 0 Å². The predicted octanol–water partition coefficient (Wildman–Crippen LogP) is 3.39. The lowest BCUT2D eigenvalue weighted by atomic mass is 9.98. The van der Waals surface area contributed by atoms with Crippen molar-refractivity contribution in [3.05, 3.63) is 58.9 Å². The summed E-state index contributed by atoms with van der Waals surface area (Å²) < 4.78 is 24.0. The average Bonchev–Trinajstić information content (AvgIpc) is 3.58. The lowest BCUT2D eigenvalue weighted by molar-refractivity contribution is -0.133. The Morgan fingerprint density at radius 2 is 1.76 bits per heavy atom. The molecule has 6 heteroatoms. The summed E-state index contributed by atoms with van der Waals surface area (Å²) >= 11 is 0. The second-order valence-electron chi connectivity index (χ2n) is 7.80. The van der Waals surface area contributed by atoms with Gasteiger partial charge in [0.05, 0.1) is 20.8 Å². The zero-order chi connectivity index (χ0) is 20.4. The van der Waals surface area contributed by atoms with Crippen LogP contribution < -0.4 is 9.47 Å². The first-order valence-corrected chi connectivity index (χ1v) is 10.1. The summed E-state index contributed by atoms with van der Waals surface area (Å²) in [6.45, 7) is 2.36. The fourth-order valence-electron chi connectivity index (χ4n) is 3.95. The first kappa shape index (κ1) is 19.7. The quantitative estimate of drug-likeness (QED) is 0.717. The maximum Gasteiger partial charge on any atom is 0.237 e. The predicted molar refractivity (Wildman–Crippen MR) is 108 cm³/mol. The number of nitrogens with zero attached hydrogens (tertiary/aromatic N) is 2. The molecule has 29 heavy (non-hydrogen) atoms. The summed E-state index contributed by atoms with van der Waals surface area (Å²) in [4.78, 5) is 17.2. The highest BCUT2D eigenvalue weighted by atomic mass is 19.1. The van der Waals surface area contributed by atoms with Gasteiger partial charge in [0.1, 0.15) is 5.82 Å². The SMILES string of the molecule is COc1cc2c(cc1OC)CN(C(=O)CN(Cc1ccc(F)cc1)C1CC1)CC2. The van der Waals surface area contributed by atoms with Crippen molar-refractivity contribution in [2.45, 2.75) is 38.4 Å². The van der Waals surface area contributed by atoms with Gasteiger partial charge < -0.3 is 14.4 Å². The van der Waals surface area contributed by atoms with Gasteiger partial charge in [-0.2, -0.15) is 0 Å². The van der Waals surface area contributed by atoms with Crippen LogP contribution in [0.2, 0.25) is 0 Å². The van der Waals surface area contributed by atoms with E-state index in [0.29, 0.717) is 38.0 Å². The summed E-state index contributed by atoms with van der Waals surface area (Å²) in [7, 11) is 3.26. The minimum absolute atomic E-state index is 0.138. The minimum Gasteiger partial charge on any atom is -0.493 e. The molecule has 1 aliphatic carbocycles. The summed E-state index contributed by atoms with van der Waals surface area (Å²) in [5.41, 5.74) is 3.35. The molecule has 2 aromatic rings. The van der Waals surface area contributed by atoms with E-state index in [2.05, 4.69) is 4.90 Å². The smallest absolute Gasteiger partial charge is 0.237 e. The summed E-state index contributed by atoms with van der Waals surface area (Å²) in [5.74, 6) is 1.32. The molecule has 0 unspecified atom stereocenters. The molecule has 2 aliphatic rings. The molecule has 0 atom stereocenters. The van der Waals surface area contributed by atoms with Crippen LogP contribution in [-0.4, -0.2) is 49.1 Å². The molecule has 0 N–H and O–H groups in total. The van der Waals surface area contributed by atoms with E-state index in [0.717, 1.165) is 36.1 Å². The molecular weight excluding hydrogens is 371 g/mol. The van der Waals surface area contributed by atoms with Crippen molar-refractivity contribution in [2.75, 3.05) is 27.3 Å². The van der Waals surface area contributed by atoms with Gasteiger partial charge in [-0.25, -0.2) is 4.39 Å². The van der Waals surface area contributed by atoms with Crippen molar-refractivity contribution >= 4 is 5.91 Å². The van der Waals surface area contributed by atoms with Crippen LogP contribution in [0.1, 0.15) is 29.5 Å². The number of halogens is 1. The van der Waals surface area contributed by atoms with E-state index in [1.165, 1.54) is 17.7 Å². The minimum atomic E-state index is -0.234. The van der Waals surface area contributed by atoms with E-state index in [9.17, 15) is 9.18 Å². The van der Waals surface area contributed by atoms with E-state index < -0.39 is 0 Å². The number of carbonyl (C=O) groups is 1. The van der Waals surface area contributed by atoms with E-state index in [1.54, 1.807) is 26.4 Å². The second kappa shape index (κ2) is 8.41. The van der Waals surface area contributed by atoms with Gasteiger partial charge in [0.2, 0.25) is 5.91 Å². The fourth-order valence-corrected chi connectivity index (χ4v) is 3.95. The van der Waals surface area contributed by atoms with Crippen molar-refractivity contribution in [1.82, 2.24) is 9.80 Å². The highest BCUT2D eigenvalue weighted by Gasteiger charge is 2.32.